The summed E-state index contributed by atoms with van der Waals surface area (Å²) < 4.78 is 16.3. The molecule has 0 saturated heterocycles. The van der Waals surface area contributed by atoms with Crippen molar-refractivity contribution in [2.75, 3.05) is 18.5 Å². The van der Waals surface area contributed by atoms with Crippen LogP contribution in [0.3, 0.4) is 0 Å². The Balaban J connectivity index is 1.56. The topological polar surface area (TPSA) is 108 Å². The van der Waals surface area contributed by atoms with Crippen molar-refractivity contribution >= 4 is 29.5 Å². The summed E-state index contributed by atoms with van der Waals surface area (Å²) in [5.41, 5.74) is 0.976. The van der Waals surface area contributed by atoms with Crippen molar-refractivity contribution in [1.29, 1.82) is 0 Å². The van der Waals surface area contributed by atoms with Crippen LogP contribution < -0.4 is 5.32 Å². The number of amides is 1. The molecule has 0 radical (unpaired) electrons. The van der Waals surface area contributed by atoms with E-state index in [-0.39, 0.29) is 23.1 Å². The van der Waals surface area contributed by atoms with E-state index in [9.17, 15) is 19.2 Å². The molecule has 1 saturated carbocycles. The Morgan fingerprint density at radius 3 is 2.21 bits per heavy atom. The van der Waals surface area contributed by atoms with Gasteiger partial charge in [-0.15, -0.1) is 0 Å². The molecule has 0 heterocycles. The van der Waals surface area contributed by atoms with Crippen molar-refractivity contribution in [2.24, 2.45) is 17.8 Å². The molecule has 2 aromatic carbocycles. The van der Waals surface area contributed by atoms with E-state index in [2.05, 4.69) is 26.1 Å². The Kier molecular flexibility index (Phi) is 11.1. The van der Waals surface area contributed by atoms with Gasteiger partial charge >= 0.3 is 17.9 Å². The highest BCUT2D eigenvalue weighted by Gasteiger charge is 2.34. The molecule has 1 fully saturated rings. The van der Waals surface area contributed by atoms with Gasteiger partial charge in [0, 0.05) is 5.69 Å². The molecule has 3 atom stereocenters. The summed E-state index contributed by atoms with van der Waals surface area (Å²) >= 11 is 0. The zero-order valence-corrected chi connectivity index (χ0v) is 23.2. The van der Waals surface area contributed by atoms with E-state index in [1.165, 1.54) is 12.1 Å². The summed E-state index contributed by atoms with van der Waals surface area (Å²) in [6, 6.07) is 12.5. The number of anilines is 1. The average molecular weight is 538 g/mol. The third kappa shape index (κ3) is 8.67. The number of hydrogen-bond acceptors (Lipinski definition) is 7. The number of rotatable bonds is 11. The fourth-order valence-electron chi connectivity index (χ4n) is 4.78. The van der Waals surface area contributed by atoms with Gasteiger partial charge in [0.05, 0.1) is 23.3 Å². The van der Waals surface area contributed by atoms with Crippen LogP contribution in [-0.2, 0) is 19.0 Å². The van der Waals surface area contributed by atoms with Crippen molar-refractivity contribution in [3.05, 3.63) is 65.2 Å². The minimum Gasteiger partial charge on any atom is -0.462 e. The molecule has 0 aliphatic heterocycles. The van der Waals surface area contributed by atoms with Crippen molar-refractivity contribution in [3.63, 3.8) is 0 Å². The van der Waals surface area contributed by atoms with Gasteiger partial charge in [-0.3, -0.25) is 4.79 Å². The van der Waals surface area contributed by atoms with E-state index >= 15 is 0 Å². The van der Waals surface area contributed by atoms with Crippen molar-refractivity contribution in [3.8, 4) is 0 Å². The second-order valence-corrected chi connectivity index (χ2v) is 10.5. The molecule has 0 unspecified atom stereocenters. The van der Waals surface area contributed by atoms with Gasteiger partial charge in [-0.1, -0.05) is 52.7 Å². The molecule has 0 bridgehead atoms. The summed E-state index contributed by atoms with van der Waals surface area (Å²) in [5, 5.41) is 2.62. The molecule has 0 aromatic heterocycles. The number of hydrogen-bond donors (Lipinski definition) is 1. The van der Waals surface area contributed by atoms with Gasteiger partial charge < -0.3 is 19.5 Å². The second-order valence-electron chi connectivity index (χ2n) is 10.5. The molecule has 1 aliphatic carbocycles. The molecule has 0 spiro atoms. The van der Waals surface area contributed by atoms with Crippen LogP contribution in [0.25, 0.3) is 0 Å². The first-order valence-electron chi connectivity index (χ1n) is 13.7. The normalized spacial score (nSPS) is 18.7. The Morgan fingerprint density at radius 1 is 0.897 bits per heavy atom. The molecule has 1 amide bonds. The fourth-order valence-corrected chi connectivity index (χ4v) is 4.78. The summed E-state index contributed by atoms with van der Waals surface area (Å²) in [5.74, 6) is -1.22. The predicted octanol–water partition coefficient (Wildman–Crippen LogP) is 6.06. The first kappa shape index (κ1) is 29.9. The maximum Gasteiger partial charge on any atom is 0.339 e. The SMILES string of the molecule is CCCCOC(=O)c1ccc(NC(=O)COC(=O)c2ccccc2C(=O)O[C@@H]2C[C@@H](C)CC[C@H]2C(C)C)cc1. The largest absolute Gasteiger partial charge is 0.462 e. The van der Waals surface area contributed by atoms with Crippen molar-refractivity contribution in [2.45, 2.75) is 65.9 Å². The summed E-state index contributed by atoms with van der Waals surface area (Å²) in [6.07, 6.45) is 4.42. The number of nitrogens with one attached hydrogen (secondary N) is 1. The Hall–Kier alpha value is -3.68. The van der Waals surface area contributed by atoms with Gasteiger partial charge in [0.25, 0.3) is 5.91 Å². The zero-order valence-electron chi connectivity index (χ0n) is 23.2. The standard InChI is InChI=1S/C31H39NO7/c1-5-6-17-37-29(34)22-12-14-23(15-13-22)32-28(33)19-38-30(35)25-9-7-8-10-26(25)31(36)39-27-18-21(4)11-16-24(27)20(2)3/h7-10,12-15,20-21,24,27H,5-6,11,16-19H2,1-4H3,(H,32,33)/t21-,24-,27+/m0/s1. The number of ether oxygens (including phenoxy) is 3. The molecule has 210 valence electrons. The smallest absolute Gasteiger partial charge is 0.339 e. The molecule has 3 rings (SSSR count). The van der Waals surface area contributed by atoms with E-state index in [4.69, 9.17) is 14.2 Å². The van der Waals surface area contributed by atoms with Crippen LogP contribution in [0.5, 0.6) is 0 Å². The molecular weight excluding hydrogens is 498 g/mol. The monoisotopic (exact) mass is 537 g/mol. The Labute approximate surface area is 230 Å². The minimum atomic E-state index is -0.791. The maximum atomic E-state index is 13.1. The highest BCUT2D eigenvalue weighted by molar-refractivity contribution is 6.04. The fraction of sp³-hybridized carbons (Fsp3) is 0.484. The van der Waals surface area contributed by atoms with Crippen LogP contribution >= 0.6 is 0 Å². The Morgan fingerprint density at radius 2 is 1.56 bits per heavy atom. The number of unbranched alkanes of at least 4 members (excludes halogenated alkanes) is 1. The van der Waals surface area contributed by atoms with Gasteiger partial charge in [0.2, 0.25) is 0 Å². The van der Waals surface area contributed by atoms with Crippen molar-refractivity contribution in [1.82, 2.24) is 0 Å². The summed E-state index contributed by atoms with van der Waals surface area (Å²) in [7, 11) is 0. The van der Waals surface area contributed by atoms with Gasteiger partial charge in [-0.2, -0.15) is 0 Å². The lowest BCUT2D eigenvalue weighted by Crippen LogP contribution is -2.36. The predicted molar refractivity (Wildman–Crippen MR) is 148 cm³/mol. The van der Waals surface area contributed by atoms with E-state index in [1.807, 2.05) is 6.92 Å². The number of esters is 3. The van der Waals surface area contributed by atoms with Gasteiger partial charge in [-0.25, -0.2) is 14.4 Å². The van der Waals surface area contributed by atoms with Gasteiger partial charge in [0.1, 0.15) is 6.10 Å². The molecule has 39 heavy (non-hydrogen) atoms. The lowest BCUT2D eigenvalue weighted by atomic mass is 9.75. The highest BCUT2D eigenvalue weighted by atomic mass is 16.5. The molecule has 1 aliphatic rings. The molecule has 1 N–H and O–H groups in total. The maximum absolute atomic E-state index is 13.1. The third-order valence-corrected chi connectivity index (χ3v) is 7.06. The van der Waals surface area contributed by atoms with E-state index in [0.29, 0.717) is 29.7 Å². The zero-order chi connectivity index (χ0) is 28.4. The van der Waals surface area contributed by atoms with E-state index < -0.39 is 30.4 Å². The van der Waals surface area contributed by atoms with Crippen LogP contribution in [0.2, 0.25) is 0 Å². The lowest BCUT2D eigenvalue weighted by Gasteiger charge is -2.36. The molecule has 2 aromatic rings. The number of benzene rings is 2. The second kappa shape index (κ2) is 14.5. The number of carbonyl (C=O) groups is 4. The van der Waals surface area contributed by atoms with Crippen LogP contribution in [0, 0.1) is 17.8 Å². The third-order valence-electron chi connectivity index (χ3n) is 7.06. The summed E-state index contributed by atoms with van der Waals surface area (Å²) in [4.78, 5) is 50.3. The van der Waals surface area contributed by atoms with Gasteiger partial charge in [0.15, 0.2) is 6.61 Å². The van der Waals surface area contributed by atoms with Crippen LogP contribution in [0.1, 0.15) is 90.9 Å². The summed E-state index contributed by atoms with van der Waals surface area (Å²) in [6.45, 7) is 8.25. The molecule has 8 heteroatoms. The van der Waals surface area contributed by atoms with E-state index in [1.54, 1.807) is 36.4 Å². The molecular formula is C31H39NO7. The van der Waals surface area contributed by atoms with Crippen LogP contribution in [-0.4, -0.2) is 43.1 Å². The van der Waals surface area contributed by atoms with E-state index in [0.717, 1.165) is 32.1 Å². The van der Waals surface area contributed by atoms with Crippen LogP contribution in [0.4, 0.5) is 5.69 Å². The average Bonchev–Trinajstić information content (AvgIpc) is 2.92. The molecule has 8 nitrogen and oxygen atoms in total. The quantitative estimate of drug-likeness (QED) is 0.211. The first-order chi connectivity index (χ1) is 18.7. The highest BCUT2D eigenvalue weighted by Crippen LogP contribution is 2.36. The van der Waals surface area contributed by atoms with Crippen LogP contribution in [0.15, 0.2) is 48.5 Å². The Bertz CT molecular complexity index is 1140. The lowest BCUT2D eigenvalue weighted by molar-refractivity contribution is -0.119. The number of carbonyl (C=O) groups excluding carboxylic acids is 4. The first-order valence-corrected chi connectivity index (χ1v) is 13.7. The van der Waals surface area contributed by atoms with Gasteiger partial charge in [-0.05, 0) is 73.4 Å². The minimum absolute atomic E-state index is 0.0474. The van der Waals surface area contributed by atoms with Crippen molar-refractivity contribution < 1.29 is 33.4 Å².